The third-order valence-electron chi connectivity index (χ3n) is 5.73. The first kappa shape index (κ1) is 18.0. The van der Waals surface area contributed by atoms with Crippen LogP contribution in [0.2, 0.25) is 0 Å². The van der Waals surface area contributed by atoms with Crippen LogP contribution in [0.4, 0.5) is 0 Å². The Kier molecular flexibility index (Phi) is 4.43. The van der Waals surface area contributed by atoms with Crippen LogP contribution in [0.15, 0.2) is 77.7 Å². The number of hydrogen-bond acceptors (Lipinski definition) is 2. The van der Waals surface area contributed by atoms with E-state index in [-0.39, 0.29) is 11.8 Å². The summed E-state index contributed by atoms with van der Waals surface area (Å²) in [5.74, 6) is 0.0579. The predicted octanol–water partition coefficient (Wildman–Crippen LogP) is 5.60. The minimum atomic E-state index is -3.48. The molecule has 0 saturated carbocycles. The summed E-state index contributed by atoms with van der Waals surface area (Å²) in [5.41, 5.74) is 5.43. The molecule has 27 heavy (non-hydrogen) atoms. The van der Waals surface area contributed by atoms with Gasteiger partial charge in [-0.05, 0) is 48.6 Å². The van der Waals surface area contributed by atoms with Crippen LogP contribution in [0, 0.1) is 19.8 Å². The largest absolute Gasteiger partial charge is 0.223 e. The normalized spacial score (nSPS) is 21.8. The highest BCUT2D eigenvalue weighted by Gasteiger charge is 2.45. The first-order chi connectivity index (χ1) is 12.9. The second-order valence-corrected chi connectivity index (χ2v) is 9.73. The molecule has 0 unspecified atom stereocenters. The first-order valence-corrected chi connectivity index (χ1v) is 10.9. The molecule has 1 aliphatic carbocycles. The maximum atomic E-state index is 13.6. The lowest BCUT2D eigenvalue weighted by Crippen LogP contribution is -2.19. The fourth-order valence-corrected chi connectivity index (χ4v) is 6.50. The quantitative estimate of drug-likeness (QED) is 0.596. The molecule has 0 heterocycles. The van der Waals surface area contributed by atoms with Crippen molar-refractivity contribution in [2.75, 3.05) is 0 Å². The van der Waals surface area contributed by atoms with Crippen LogP contribution in [0.25, 0.3) is 0 Å². The number of rotatable bonds is 3. The summed E-state index contributed by atoms with van der Waals surface area (Å²) in [5, 5.41) is -0.527. The SMILES string of the molecule is Cc1ccc(S(=O)(=O)[C@H]2c3cc(C)ccc3[C@@H](c3ccccc3)[C@@H]2C)cc1. The van der Waals surface area contributed by atoms with Crippen molar-refractivity contribution in [2.24, 2.45) is 5.92 Å². The van der Waals surface area contributed by atoms with Crippen LogP contribution in [0.1, 0.15) is 45.9 Å². The number of benzene rings is 3. The van der Waals surface area contributed by atoms with Crippen LogP contribution < -0.4 is 0 Å². The molecule has 3 aromatic carbocycles. The summed E-state index contributed by atoms with van der Waals surface area (Å²) in [6, 6.07) is 23.7. The van der Waals surface area contributed by atoms with Crippen molar-refractivity contribution in [1.82, 2.24) is 0 Å². The Morgan fingerprint density at radius 2 is 1.37 bits per heavy atom. The van der Waals surface area contributed by atoms with Gasteiger partial charge < -0.3 is 0 Å². The first-order valence-electron chi connectivity index (χ1n) is 9.35. The van der Waals surface area contributed by atoms with Crippen molar-refractivity contribution in [3.8, 4) is 0 Å². The van der Waals surface area contributed by atoms with Crippen LogP contribution in [0.5, 0.6) is 0 Å². The van der Waals surface area contributed by atoms with Gasteiger partial charge in [-0.15, -0.1) is 0 Å². The van der Waals surface area contributed by atoms with Gasteiger partial charge in [0.25, 0.3) is 0 Å². The van der Waals surface area contributed by atoms with Gasteiger partial charge in [-0.1, -0.05) is 78.7 Å². The minimum absolute atomic E-state index is 0.0319. The number of fused-ring (bicyclic) bond motifs is 1. The van der Waals surface area contributed by atoms with Crippen molar-refractivity contribution in [3.63, 3.8) is 0 Å². The van der Waals surface area contributed by atoms with Gasteiger partial charge in [0.05, 0.1) is 10.1 Å². The highest BCUT2D eigenvalue weighted by atomic mass is 32.2. The van der Waals surface area contributed by atoms with E-state index in [1.165, 1.54) is 5.56 Å². The summed E-state index contributed by atoms with van der Waals surface area (Å²) in [7, 11) is -3.48. The Morgan fingerprint density at radius 1 is 0.741 bits per heavy atom. The molecule has 3 atom stereocenters. The predicted molar refractivity (Wildman–Crippen MR) is 110 cm³/mol. The molecule has 0 bridgehead atoms. The van der Waals surface area contributed by atoms with E-state index in [2.05, 4.69) is 37.3 Å². The lowest BCUT2D eigenvalue weighted by Gasteiger charge is -2.22. The van der Waals surface area contributed by atoms with Crippen molar-refractivity contribution in [1.29, 1.82) is 0 Å². The van der Waals surface area contributed by atoms with Crippen molar-refractivity contribution < 1.29 is 8.42 Å². The molecular weight excluding hydrogens is 352 g/mol. The number of aryl methyl sites for hydroxylation is 2. The Hall–Kier alpha value is -2.39. The monoisotopic (exact) mass is 376 g/mol. The summed E-state index contributed by atoms with van der Waals surface area (Å²) in [4.78, 5) is 0.408. The molecule has 4 rings (SSSR count). The summed E-state index contributed by atoms with van der Waals surface area (Å²) >= 11 is 0. The zero-order valence-corrected chi connectivity index (χ0v) is 16.7. The van der Waals surface area contributed by atoms with E-state index in [4.69, 9.17) is 0 Å². The molecule has 138 valence electrons. The third kappa shape index (κ3) is 3.00. The molecular formula is C24H24O2S. The Balaban J connectivity index is 1.89. The van der Waals surface area contributed by atoms with Gasteiger partial charge >= 0.3 is 0 Å². The summed E-state index contributed by atoms with van der Waals surface area (Å²) in [6.07, 6.45) is 0. The van der Waals surface area contributed by atoms with E-state index in [0.29, 0.717) is 4.90 Å². The molecule has 0 saturated heterocycles. The third-order valence-corrected chi connectivity index (χ3v) is 8.01. The highest BCUT2D eigenvalue weighted by molar-refractivity contribution is 7.91. The van der Waals surface area contributed by atoms with Gasteiger partial charge in [0.15, 0.2) is 9.84 Å². The Labute approximate surface area is 161 Å². The molecule has 1 aliphatic rings. The smallest absolute Gasteiger partial charge is 0.185 e. The standard InChI is InChI=1S/C24H24O2S/c1-16-9-12-20(13-10-16)27(25,26)24-18(3)23(19-7-5-4-6-8-19)21-14-11-17(2)15-22(21)24/h4-15,18,23-24H,1-3H3/t18-,23+,24+/m0/s1. The zero-order valence-electron chi connectivity index (χ0n) is 15.9. The second-order valence-electron chi connectivity index (χ2n) is 7.66. The molecule has 0 radical (unpaired) electrons. The molecule has 0 amide bonds. The average molecular weight is 377 g/mol. The molecule has 0 spiro atoms. The lowest BCUT2D eigenvalue weighted by atomic mass is 9.87. The van der Waals surface area contributed by atoms with E-state index in [1.54, 1.807) is 12.1 Å². The van der Waals surface area contributed by atoms with Crippen LogP contribution in [0.3, 0.4) is 0 Å². The van der Waals surface area contributed by atoms with Crippen LogP contribution in [-0.2, 0) is 9.84 Å². The molecule has 0 aromatic heterocycles. The Bertz CT molecular complexity index is 1070. The molecule has 2 nitrogen and oxygen atoms in total. The lowest BCUT2D eigenvalue weighted by molar-refractivity contribution is 0.507. The van der Waals surface area contributed by atoms with Gasteiger partial charge in [0, 0.05) is 5.92 Å². The number of sulfone groups is 1. The summed E-state index contributed by atoms with van der Waals surface area (Å²) < 4.78 is 27.2. The van der Waals surface area contributed by atoms with Gasteiger partial charge in [-0.2, -0.15) is 0 Å². The Morgan fingerprint density at radius 3 is 2.04 bits per heavy atom. The topological polar surface area (TPSA) is 34.1 Å². The summed E-state index contributed by atoms with van der Waals surface area (Å²) in [6.45, 7) is 6.07. The van der Waals surface area contributed by atoms with E-state index >= 15 is 0 Å². The van der Waals surface area contributed by atoms with Gasteiger partial charge in [0.1, 0.15) is 0 Å². The number of hydrogen-bond donors (Lipinski definition) is 0. The fraction of sp³-hybridized carbons (Fsp3) is 0.250. The molecule has 3 aromatic rings. The maximum Gasteiger partial charge on any atom is 0.185 e. The van der Waals surface area contributed by atoms with E-state index in [0.717, 1.165) is 22.3 Å². The van der Waals surface area contributed by atoms with Crippen molar-refractivity contribution >= 4 is 9.84 Å². The molecule has 0 N–H and O–H groups in total. The fourth-order valence-electron chi connectivity index (χ4n) is 4.43. The van der Waals surface area contributed by atoms with Gasteiger partial charge in [-0.3, -0.25) is 0 Å². The zero-order chi connectivity index (χ0) is 19.2. The van der Waals surface area contributed by atoms with Crippen LogP contribution in [-0.4, -0.2) is 8.42 Å². The highest BCUT2D eigenvalue weighted by Crippen LogP contribution is 2.53. The van der Waals surface area contributed by atoms with Crippen molar-refractivity contribution in [2.45, 2.75) is 36.8 Å². The molecule has 0 aliphatic heterocycles. The van der Waals surface area contributed by atoms with Crippen LogP contribution >= 0.6 is 0 Å². The van der Waals surface area contributed by atoms with Gasteiger partial charge in [-0.25, -0.2) is 8.42 Å². The molecule has 0 fully saturated rings. The van der Waals surface area contributed by atoms with Gasteiger partial charge in [0.2, 0.25) is 0 Å². The van der Waals surface area contributed by atoms with Crippen molar-refractivity contribution in [3.05, 3.63) is 101 Å². The van der Waals surface area contributed by atoms with E-state index < -0.39 is 15.1 Å². The minimum Gasteiger partial charge on any atom is -0.223 e. The van der Waals surface area contributed by atoms with E-state index in [1.807, 2.05) is 44.2 Å². The van der Waals surface area contributed by atoms with E-state index in [9.17, 15) is 8.42 Å². The second kappa shape index (κ2) is 6.65. The molecule has 3 heteroatoms. The average Bonchev–Trinajstić information content (AvgIpc) is 2.94. The maximum absolute atomic E-state index is 13.6.